The van der Waals surface area contributed by atoms with Crippen LogP contribution in [0.2, 0.25) is 0 Å². The van der Waals surface area contributed by atoms with Gasteiger partial charge in [0, 0.05) is 11.8 Å². The van der Waals surface area contributed by atoms with E-state index in [0.29, 0.717) is 24.6 Å². The summed E-state index contributed by atoms with van der Waals surface area (Å²) in [5.74, 6) is -0.303. The van der Waals surface area contributed by atoms with E-state index in [1.165, 1.54) is 4.31 Å². The third-order valence-electron chi connectivity index (χ3n) is 4.64. The molecule has 1 aliphatic heterocycles. The van der Waals surface area contributed by atoms with E-state index in [4.69, 9.17) is 0 Å². The van der Waals surface area contributed by atoms with Gasteiger partial charge in [-0.05, 0) is 43.8 Å². The van der Waals surface area contributed by atoms with E-state index in [2.05, 4.69) is 5.32 Å². The maximum Gasteiger partial charge on any atom is 0.267 e. The third kappa shape index (κ3) is 3.55. The number of hydrogen-bond donors (Lipinski definition) is 1. The quantitative estimate of drug-likeness (QED) is 0.890. The zero-order chi connectivity index (χ0) is 17.9. The first kappa shape index (κ1) is 17.9. The second kappa shape index (κ2) is 7.54. The van der Waals surface area contributed by atoms with Crippen LogP contribution in [0.4, 0.5) is 0 Å². The summed E-state index contributed by atoms with van der Waals surface area (Å²) >= 11 is 0. The predicted octanol–water partition coefficient (Wildman–Crippen LogP) is 2.91. The molecule has 1 fully saturated rings. The van der Waals surface area contributed by atoms with Crippen molar-refractivity contribution in [1.29, 1.82) is 0 Å². The molecule has 0 unspecified atom stereocenters. The number of hydrogen-bond acceptors (Lipinski definition) is 4. The molecular formula is C19H24N2O3S. The molecule has 0 spiro atoms. The Hall–Kier alpha value is -1.92. The molecule has 134 valence electrons. The number of carbonyl (C=O) groups excluding carboxylic acids is 1. The molecule has 0 radical (unpaired) electrons. The Morgan fingerprint density at radius 2 is 1.80 bits per heavy atom. The highest BCUT2D eigenvalue weighted by Gasteiger charge is 2.36. The average molecular weight is 360 g/mol. The summed E-state index contributed by atoms with van der Waals surface area (Å²) in [4.78, 5) is 12.9. The number of amides is 1. The Morgan fingerprint density at radius 3 is 2.52 bits per heavy atom. The fraction of sp³-hybridized carbons (Fsp3) is 0.421. The van der Waals surface area contributed by atoms with E-state index in [1.54, 1.807) is 18.2 Å². The lowest BCUT2D eigenvalue weighted by Gasteiger charge is -2.34. The number of nitrogens with zero attached hydrogens (tertiary/aromatic N) is 1. The fourth-order valence-corrected chi connectivity index (χ4v) is 5.31. The van der Waals surface area contributed by atoms with Crippen molar-refractivity contribution < 1.29 is 13.2 Å². The van der Waals surface area contributed by atoms with Crippen molar-refractivity contribution in [2.45, 2.75) is 43.5 Å². The largest absolute Gasteiger partial charge is 0.317 e. The van der Waals surface area contributed by atoms with E-state index in [1.807, 2.05) is 31.2 Å². The van der Waals surface area contributed by atoms with Crippen LogP contribution in [0.3, 0.4) is 0 Å². The molecule has 1 heterocycles. The minimum Gasteiger partial charge on any atom is -0.317 e. The molecule has 1 N–H and O–H groups in total. The van der Waals surface area contributed by atoms with Crippen LogP contribution in [0.25, 0.3) is 10.8 Å². The fourth-order valence-electron chi connectivity index (χ4n) is 3.43. The normalized spacial score (nSPS) is 16.0. The smallest absolute Gasteiger partial charge is 0.267 e. The molecule has 0 aromatic heterocycles. The van der Waals surface area contributed by atoms with Crippen LogP contribution in [0.15, 0.2) is 47.4 Å². The SMILES string of the molecule is CCCC(=O)N(C1CCNCC1)S(=O)(=O)c1cccc2ccccc12. The Morgan fingerprint density at radius 1 is 1.12 bits per heavy atom. The van der Waals surface area contributed by atoms with Crippen molar-refractivity contribution in [2.24, 2.45) is 0 Å². The van der Waals surface area contributed by atoms with E-state index >= 15 is 0 Å². The summed E-state index contributed by atoms with van der Waals surface area (Å²) in [6.45, 7) is 3.35. The Kier molecular flexibility index (Phi) is 5.39. The van der Waals surface area contributed by atoms with Crippen molar-refractivity contribution in [3.8, 4) is 0 Å². The highest BCUT2D eigenvalue weighted by atomic mass is 32.2. The van der Waals surface area contributed by atoms with Gasteiger partial charge in [0.05, 0.1) is 10.9 Å². The van der Waals surface area contributed by atoms with Crippen molar-refractivity contribution in [2.75, 3.05) is 13.1 Å². The number of benzene rings is 2. The van der Waals surface area contributed by atoms with Crippen LogP contribution in [-0.2, 0) is 14.8 Å². The minimum absolute atomic E-state index is 0.216. The van der Waals surface area contributed by atoms with Gasteiger partial charge in [-0.3, -0.25) is 4.79 Å². The van der Waals surface area contributed by atoms with Crippen LogP contribution in [0.1, 0.15) is 32.6 Å². The highest BCUT2D eigenvalue weighted by Crippen LogP contribution is 2.29. The molecule has 0 atom stereocenters. The van der Waals surface area contributed by atoms with Crippen LogP contribution in [0.5, 0.6) is 0 Å². The van der Waals surface area contributed by atoms with Gasteiger partial charge in [-0.2, -0.15) is 0 Å². The number of sulfonamides is 1. The Balaban J connectivity index is 2.10. The highest BCUT2D eigenvalue weighted by molar-refractivity contribution is 7.90. The lowest BCUT2D eigenvalue weighted by Crippen LogP contribution is -2.49. The van der Waals surface area contributed by atoms with Gasteiger partial charge in [0.25, 0.3) is 10.0 Å². The molecule has 1 aliphatic rings. The van der Waals surface area contributed by atoms with E-state index in [0.717, 1.165) is 18.5 Å². The second-order valence-corrected chi connectivity index (χ2v) is 8.19. The third-order valence-corrected chi connectivity index (χ3v) is 6.57. The predicted molar refractivity (Wildman–Crippen MR) is 98.8 cm³/mol. The summed E-state index contributed by atoms with van der Waals surface area (Å²) in [5, 5.41) is 4.75. The first-order chi connectivity index (χ1) is 12.1. The average Bonchev–Trinajstić information content (AvgIpc) is 2.62. The van der Waals surface area contributed by atoms with Crippen molar-refractivity contribution >= 4 is 26.7 Å². The van der Waals surface area contributed by atoms with Gasteiger partial charge in [0.2, 0.25) is 5.91 Å². The van der Waals surface area contributed by atoms with Crippen LogP contribution in [-0.4, -0.2) is 37.8 Å². The molecule has 1 amide bonds. The zero-order valence-electron chi connectivity index (χ0n) is 14.4. The number of piperidine rings is 1. The Bertz CT molecular complexity index is 853. The first-order valence-corrected chi connectivity index (χ1v) is 10.3. The van der Waals surface area contributed by atoms with Gasteiger partial charge in [0.15, 0.2) is 0 Å². The van der Waals surface area contributed by atoms with Crippen molar-refractivity contribution in [3.05, 3.63) is 42.5 Å². The van der Waals surface area contributed by atoms with E-state index in [-0.39, 0.29) is 23.3 Å². The monoisotopic (exact) mass is 360 g/mol. The zero-order valence-corrected chi connectivity index (χ0v) is 15.3. The lowest BCUT2D eigenvalue weighted by molar-refractivity contribution is -0.128. The molecule has 0 bridgehead atoms. The molecule has 3 rings (SSSR count). The summed E-state index contributed by atoms with van der Waals surface area (Å²) in [6, 6.07) is 12.3. The van der Waals surface area contributed by atoms with Crippen LogP contribution in [0, 0.1) is 0 Å². The minimum atomic E-state index is -3.89. The summed E-state index contributed by atoms with van der Waals surface area (Å²) in [5.41, 5.74) is 0. The molecule has 0 aliphatic carbocycles. The second-order valence-electron chi connectivity index (χ2n) is 6.40. The van der Waals surface area contributed by atoms with Gasteiger partial charge in [-0.25, -0.2) is 12.7 Å². The molecular weight excluding hydrogens is 336 g/mol. The maximum absolute atomic E-state index is 13.4. The van der Waals surface area contributed by atoms with E-state index in [9.17, 15) is 13.2 Å². The van der Waals surface area contributed by atoms with E-state index < -0.39 is 10.0 Å². The maximum atomic E-state index is 13.4. The summed E-state index contributed by atoms with van der Waals surface area (Å²) in [6.07, 6.45) is 2.18. The molecule has 6 heteroatoms. The molecule has 2 aromatic rings. The van der Waals surface area contributed by atoms with Crippen molar-refractivity contribution in [1.82, 2.24) is 9.62 Å². The molecule has 0 saturated carbocycles. The van der Waals surface area contributed by atoms with Crippen LogP contribution >= 0.6 is 0 Å². The van der Waals surface area contributed by atoms with Crippen molar-refractivity contribution in [3.63, 3.8) is 0 Å². The van der Waals surface area contributed by atoms with Crippen LogP contribution < -0.4 is 5.32 Å². The number of nitrogens with one attached hydrogen (secondary N) is 1. The van der Waals surface area contributed by atoms with Gasteiger partial charge in [-0.1, -0.05) is 43.3 Å². The Labute approximate surface area is 149 Å². The molecule has 2 aromatic carbocycles. The van der Waals surface area contributed by atoms with Gasteiger partial charge < -0.3 is 5.32 Å². The number of carbonyl (C=O) groups is 1. The topological polar surface area (TPSA) is 66.5 Å². The standard InChI is InChI=1S/C19H24N2O3S/c1-2-6-19(22)21(16-11-13-20-14-12-16)25(23,24)18-10-5-8-15-7-3-4-9-17(15)18/h3-5,7-10,16,20H,2,6,11-14H2,1H3. The van der Waals surface area contributed by atoms with Gasteiger partial charge in [0.1, 0.15) is 0 Å². The summed E-state index contributed by atoms with van der Waals surface area (Å²) < 4.78 is 28.1. The molecule has 5 nitrogen and oxygen atoms in total. The first-order valence-electron chi connectivity index (χ1n) is 8.81. The molecule has 25 heavy (non-hydrogen) atoms. The van der Waals surface area contributed by atoms with Gasteiger partial charge in [-0.15, -0.1) is 0 Å². The number of fused-ring (bicyclic) bond motifs is 1. The lowest BCUT2D eigenvalue weighted by atomic mass is 10.1. The molecule has 1 saturated heterocycles. The van der Waals surface area contributed by atoms with Gasteiger partial charge >= 0.3 is 0 Å². The number of rotatable bonds is 5. The summed E-state index contributed by atoms with van der Waals surface area (Å²) in [7, 11) is -3.89.